The molecule has 2 amide bonds. The second-order valence-corrected chi connectivity index (χ2v) is 9.74. The Morgan fingerprint density at radius 1 is 0.900 bits per heavy atom. The van der Waals surface area contributed by atoms with E-state index in [1.807, 2.05) is 20.2 Å². The number of carbonyl (C=O) groups excluding carboxylic acids is 2. The van der Waals surface area contributed by atoms with Crippen LogP contribution in [0.4, 0.5) is 11.4 Å². The lowest BCUT2D eigenvalue weighted by Crippen LogP contribution is -2.42. The largest absolute Gasteiger partial charge is 0.377 e. The van der Waals surface area contributed by atoms with Crippen molar-refractivity contribution in [1.82, 2.24) is 4.90 Å². The van der Waals surface area contributed by atoms with Crippen molar-refractivity contribution in [1.29, 1.82) is 0 Å². The third-order valence-corrected chi connectivity index (χ3v) is 7.12. The fraction of sp³-hybridized carbons (Fsp3) is 0.680. The Morgan fingerprint density at radius 3 is 2.20 bits per heavy atom. The zero-order valence-corrected chi connectivity index (χ0v) is 18.7. The minimum atomic E-state index is 0.147. The third-order valence-electron chi connectivity index (χ3n) is 7.12. The van der Waals surface area contributed by atoms with Gasteiger partial charge in [0, 0.05) is 49.9 Å². The smallest absolute Gasteiger partial charge is 0.227 e. The summed E-state index contributed by atoms with van der Waals surface area (Å²) in [6.45, 7) is 0.640. The maximum atomic E-state index is 13.2. The molecule has 0 atom stereocenters. The second kappa shape index (κ2) is 9.40. The Labute approximate surface area is 181 Å². The van der Waals surface area contributed by atoms with Crippen LogP contribution in [0.2, 0.25) is 0 Å². The van der Waals surface area contributed by atoms with Crippen LogP contribution in [0.5, 0.6) is 0 Å². The van der Waals surface area contributed by atoms with Gasteiger partial charge in [-0.15, -0.1) is 0 Å². The summed E-state index contributed by atoms with van der Waals surface area (Å²) in [4.78, 5) is 30.1. The number of rotatable bonds is 7. The normalized spacial score (nSPS) is 20.2. The predicted octanol–water partition coefficient (Wildman–Crippen LogP) is 4.95. The van der Waals surface area contributed by atoms with Crippen molar-refractivity contribution >= 4 is 23.2 Å². The highest BCUT2D eigenvalue weighted by molar-refractivity contribution is 5.93. The minimum absolute atomic E-state index is 0.147. The van der Waals surface area contributed by atoms with Crippen molar-refractivity contribution in [3.05, 3.63) is 23.8 Å². The van der Waals surface area contributed by atoms with E-state index in [2.05, 4.69) is 27.2 Å². The highest BCUT2D eigenvalue weighted by atomic mass is 16.2. The van der Waals surface area contributed by atoms with Crippen LogP contribution in [0.25, 0.3) is 0 Å². The quantitative estimate of drug-likeness (QED) is 0.690. The topological polar surface area (TPSA) is 52.7 Å². The molecule has 0 heterocycles. The van der Waals surface area contributed by atoms with Crippen LogP contribution in [-0.2, 0) is 16.1 Å². The molecule has 3 saturated carbocycles. The van der Waals surface area contributed by atoms with Gasteiger partial charge in [0.2, 0.25) is 11.8 Å². The maximum absolute atomic E-state index is 13.2. The fourth-order valence-corrected chi connectivity index (χ4v) is 5.19. The van der Waals surface area contributed by atoms with Gasteiger partial charge in [-0.2, -0.15) is 0 Å². The molecular weight excluding hydrogens is 374 g/mol. The van der Waals surface area contributed by atoms with Gasteiger partial charge in [0.25, 0.3) is 0 Å². The van der Waals surface area contributed by atoms with Crippen molar-refractivity contribution < 1.29 is 9.59 Å². The van der Waals surface area contributed by atoms with Gasteiger partial charge in [-0.3, -0.25) is 9.59 Å². The van der Waals surface area contributed by atoms with Gasteiger partial charge in [0.05, 0.1) is 0 Å². The lowest BCUT2D eigenvalue weighted by molar-refractivity contribution is -0.136. The van der Waals surface area contributed by atoms with Gasteiger partial charge in [0.15, 0.2) is 0 Å². The average molecular weight is 412 g/mol. The Balaban J connectivity index is 1.55. The number of hydrogen-bond donors (Lipinski definition) is 1. The number of amides is 2. The number of nitrogens with one attached hydrogen (secondary N) is 1. The van der Waals surface area contributed by atoms with Gasteiger partial charge >= 0.3 is 0 Å². The van der Waals surface area contributed by atoms with Crippen LogP contribution in [0.15, 0.2) is 18.2 Å². The molecule has 1 aromatic rings. The molecule has 164 valence electrons. The number of hydrogen-bond acceptors (Lipinski definition) is 3. The van der Waals surface area contributed by atoms with Crippen molar-refractivity contribution in [2.45, 2.75) is 83.2 Å². The number of anilines is 2. The van der Waals surface area contributed by atoms with Crippen LogP contribution in [-0.4, -0.2) is 36.9 Å². The van der Waals surface area contributed by atoms with Gasteiger partial charge in [-0.05, 0) is 62.3 Å². The van der Waals surface area contributed by atoms with Crippen molar-refractivity contribution in [2.75, 3.05) is 24.3 Å². The van der Waals surface area contributed by atoms with E-state index in [1.54, 1.807) is 0 Å². The molecule has 1 N–H and O–H groups in total. The molecule has 30 heavy (non-hydrogen) atoms. The van der Waals surface area contributed by atoms with Gasteiger partial charge in [-0.25, -0.2) is 0 Å². The third kappa shape index (κ3) is 4.98. The van der Waals surface area contributed by atoms with Gasteiger partial charge in [-0.1, -0.05) is 32.1 Å². The van der Waals surface area contributed by atoms with E-state index in [0.29, 0.717) is 18.5 Å². The van der Waals surface area contributed by atoms with E-state index in [0.717, 1.165) is 68.3 Å². The highest BCUT2D eigenvalue weighted by Crippen LogP contribution is 2.36. The van der Waals surface area contributed by atoms with E-state index in [-0.39, 0.29) is 17.7 Å². The number of benzene rings is 1. The van der Waals surface area contributed by atoms with Crippen molar-refractivity contribution in [2.24, 2.45) is 11.8 Å². The summed E-state index contributed by atoms with van der Waals surface area (Å²) in [7, 11) is 4.09. The summed E-state index contributed by atoms with van der Waals surface area (Å²) in [5, 5.41) is 3.15. The molecule has 5 nitrogen and oxygen atoms in total. The molecule has 0 saturated heterocycles. The second-order valence-electron chi connectivity index (χ2n) is 9.74. The van der Waals surface area contributed by atoms with E-state index >= 15 is 0 Å². The Morgan fingerprint density at radius 2 is 1.57 bits per heavy atom. The zero-order valence-electron chi connectivity index (χ0n) is 18.7. The summed E-state index contributed by atoms with van der Waals surface area (Å²) in [6, 6.07) is 6.54. The van der Waals surface area contributed by atoms with Crippen molar-refractivity contribution in [3.63, 3.8) is 0 Å². The molecule has 3 aliphatic rings. The van der Waals surface area contributed by atoms with Gasteiger partial charge < -0.3 is 15.1 Å². The lowest BCUT2D eigenvalue weighted by Gasteiger charge is -2.35. The van der Waals surface area contributed by atoms with Crippen molar-refractivity contribution in [3.8, 4) is 0 Å². The first-order chi connectivity index (χ1) is 14.5. The maximum Gasteiger partial charge on any atom is 0.227 e. The lowest BCUT2D eigenvalue weighted by atomic mass is 9.93. The van der Waals surface area contributed by atoms with E-state index in [4.69, 9.17) is 0 Å². The van der Waals surface area contributed by atoms with E-state index in [9.17, 15) is 9.59 Å². The summed E-state index contributed by atoms with van der Waals surface area (Å²) in [5.41, 5.74) is 3.11. The summed E-state index contributed by atoms with van der Waals surface area (Å²) in [6.07, 6.45) is 12.4. The van der Waals surface area contributed by atoms with Crippen LogP contribution in [0.3, 0.4) is 0 Å². The van der Waals surface area contributed by atoms with Gasteiger partial charge in [0.1, 0.15) is 0 Å². The summed E-state index contributed by atoms with van der Waals surface area (Å²) < 4.78 is 0. The molecule has 5 heteroatoms. The van der Waals surface area contributed by atoms with Crippen LogP contribution in [0.1, 0.15) is 76.2 Å². The average Bonchev–Trinajstić information content (AvgIpc) is 3.45. The molecule has 0 aliphatic heterocycles. The highest BCUT2D eigenvalue weighted by Gasteiger charge is 2.37. The minimum Gasteiger partial charge on any atom is -0.377 e. The Bertz CT molecular complexity index is 760. The molecule has 0 unspecified atom stereocenters. The zero-order chi connectivity index (χ0) is 21.1. The molecule has 3 aliphatic carbocycles. The monoisotopic (exact) mass is 411 g/mol. The van der Waals surface area contributed by atoms with Crippen LogP contribution >= 0.6 is 0 Å². The first-order valence-corrected chi connectivity index (χ1v) is 11.9. The van der Waals surface area contributed by atoms with Crippen LogP contribution < -0.4 is 10.2 Å². The number of carbonyl (C=O) groups is 2. The Kier molecular flexibility index (Phi) is 6.64. The fourth-order valence-electron chi connectivity index (χ4n) is 5.19. The SMILES string of the molecule is CN(C)c1ccc(NC(=O)C2CCCC2)cc1CN(C(=O)C1CC1)C1CCCCC1. The summed E-state index contributed by atoms with van der Waals surface area (Å²) >= 11 is 0. The first-order valence-electron chi connectivity index (χ1n) is 11.9. The molecule has 0 aromatic heterocycles. The molecule has 0 bridgehead atoms. The Hall–Kier alpha value is -2.04. The first kappa shape index (κ1) is 21.2. The number of nitrogens with zero attached hydrogens (tertiary/aromatic N) is 2. The summed E-state index contributed by atoms with van der Waals surface area (Å²) in [5.74, 6) is 0.874. The molecule has 3 fully saturated rings. The molecular formula is C25H37N3O2. The molecule has 4 rings (SSSR count). The standard InChI is InChI=1S/C25H37N3O2/c1-27(2)23-15-14-21(26-24(29)18-8-6-7-9-18)16-20(23)17-28(25(30)19-12-13-19)22-10-4-3-5-11-22/h14-16,18-19,22H,3-13,17H2,1-2H3,(H,26,29). The van der Waals surface area contributed by atoms with E-state index in [1.165, 1.54) is 19.3 Å². The predicted molar refractivity (Wildman–Crippen MR) is 122 cm³/mol. The molecule has 1 aromatic carbocycles. The van der Waals surface area contributed by atoms with E-state index < -0.39 is 0 Å². The molecule has 0 spiro atoms. The van der Waals surface area contributed by atoms with Crippen LogP contribution in [0, 0.1) is 11.8 Å². The molecule has 0 radical (unpaired) electrons.